The van der Waals surface area contributed by atoms with Crippen molar-refractivity contribution < 1.29 is 18.3 Å². The van der Waals surface area contributed by atoms with E-state index in [4.69, 9.17) is 0 Å². The van der Waals surface area contributed by atoms with E-state index in [1.165, 1.54) is 4.31 Å². The van der Waals surface area contributed by atoms with E-state index in [0.29, 0.717) is 6.42 Å². The van der Waals surface area contributed by atoms with E-state index in [2.05, 4.69) is 0 Å². The first-order valence-electron chi connectivity index (χ1n) is 7.77. The SMILES string of the molecule is Cc1ccc(S(=O)(=O)N2CCc3ccccc3C2CC(=O)O)cc1. The van der Waals surface area contributed by atoms with Crippen LogP contribution in [0.3, 0.4) is 0 Å². The number of aryl methyl sites for hydroxylation is 1. The zero-order valence-corrected chi connectivity index (χ0v) is 14.2. The van der Waals surface area contributed by atoms with Gasteiger partial charge in [0.15, 0.2) is 0 Å². The molecule has 126 valence electrons. The van der Waals surface area contributed by atoms with Crippen molar-refractivity contribution in [1.29, 1.82) is 0 Å². The molecule has 0 aromatic heterocycles. The Morgan fingerprint density at radius 2 is 1.83 bits per heavy atom. The topological polar surface area (TPSA) is 74.7 Å². The van der Waals surface area contributed by atoms with Gasteiger partial charge < -0.3 is 5.11 Å². The molecule has 0 fully saturated rings. The maximum atomic E-state index is 13.0. The predicted octanol–water partition coefficient (Wildman–Crippen LogP) is 2.76. The van der Waals surface area contributed by atoms with Crippen LogP contribution in [0.25, 0.3) is 0 Å². The second-order valence-corrected chi connectivity index (χ2v) is 7.88. The Balaban J connectivity index is 2.05. The first-order chi connectivity index (χ1) is 11.4. The molecule has 6 heteroatoms. The highest BCUT2D eigenvalue weighted by molar-refractivity contribution is 7.89. The monoisotopic (exact) mass is 345 g/mol. The van der Waals surface area contributed by atoms with E-state index in [-0.39, 0.29) is 17.9 Å². The lowest BCUT2D eigenvalue weighted by Gasteiger charge is -2.35. The summed E-state index contributed by atoms with van der Waals surface area (Å²) in [6.45, 7) is 2.17. The first-order valence-corrected chi connectivity index (χ1v) is 9.22. The van der Waals surface area contributed by atoms with Crippen molar-refractivity contribution in [3.8, 4) is 0 Å². The molecule has 24 heavy (non-hydrogen) atoms. The summed E-state index contributed by atoms with van der Waals surface area (Å²) in [6.07, 6.45) is 0.333. The smallest absolute Gasteiger partial charge is 0.305 e. The van der Waals surface area contributed by atoms with E-state index in [1.54, 1.807) is 24.3 Å². The Morgan fingerprint density at radius 1 is 1.17 bits per heavy atom. The molecule has 0 saturated heterocycles. The third-order valence-corrected chi connectivity index (χ3v) is 6.28. The Hall–Kier alpha value is -2.18. The molecule has 0 aliphatic carbocycles. The minimum atomic E-state index is -3.75. The molecular formula is C18H19NO4S. The molecule has 0 amide bonds. The summed E-state index contributed by atoms with van der Waals surface area (Å²) in [5.41, 5.74) is 2.76. The highest BCUT2D eigenvalue weighted by Gasteiger charge is 2.37. The molecule has 3 rings (SSSR count). The van der Waals surface area contributed by atoms with Crippen LogP contribution >= 0.6 is 0 Å². The minimum absolute atomic E-state index is 0.197. The van der Waals surface area contributed by atoms with E-state index in [9.17, 15) is 18.3 Å². The van der Waals surface area contributed by atoms with Crippen molar-refractivity contribution in [2.24, 2.45) is 0 Å². The Labute approximate surface area is 141 Å². The lowest BCUT2D eigenvalue weighted by Crippen LogP contribution is -2.40. The third kappa shape index (κ3) is 3.07. The number of rotatable bonds is 4. The van der Waals surface area contributed by atoms with Crippen LogP contribution in [0.4, 0.5) is 0 Å². The van der Waals surface area contributed by atoms with Crippen LogP contribution in [0.2, 0.25) is 0 Å². The largest absolute Gasteiger partial charge is 0.481 e. The maximum absolute atomic E-state index is 13.0. The number of fused-ring (bicyclic) bond motifs is 1. The van der Waals surface area contributed by atoms with Gasteiger partial charge in [0.2, 0.25) is 10.0 Å². The maximum Gasteiger partial charge on any atom is 0.305 e. The number of hydrogen-bond donors (Lipinski definition) is 1. The van der Waals surface area contributed by atoms with Crippen molar-refractivity contribution in [3.63, 3.8) is 0 Å². The van der Waals surface area contributed by atoms with E-state index in [1.807, 2.05) is 31.2 Å². The molecule has 1 aliphatic rings. The molecule has 5 nitrogen and oxygen atoms in total. The van der Waals surface area contributed by atoms with Gasteiger partial charge in [-0.15, -0.1) is 0 Å². The van der Waals surface area contributed by atoms with Gasteiger partial charge in [0, 0.05) is 6.54 Å². The van der Waals surface area contributed by atoms with E-state index in [0.717, 1.165) is 16.7 Å². The van der Waals surface area contributed by atoms with Crippen molar-refractivity contribution in [2.75, 3.05) is 6.54 Å². The Morgan fingerprint density at radius 3 is 2.50 bits per heavy atom. The minimum Gasteiger partial charge on any atom is -0.481 e. The molecule has 0 bridgehead atoms. The zero-order valence-electron chi connectivity index (χ0n) is 13.3. The Kier molecular flexibility index (Phi) is 4.43. The summed E-state index contributed by atoms with van der Waals surface area (Å²) in [6, 6.07) is 13.4. The highest BCUT2D eigenvalue weighted by Crippen LogP contribution is 2.36. The number of hydrogen-bond acceptors (Lipinski definition) is 3. The summed E-state index contributed by atoms with van der Waals surface area (Å²) in [4.78, 5) is 11.5. The number of carbonyl (C=O) groups is 1. The molecule has 0 radical (unpaired) electrons. The van der Waals surface area contributed by atoms with Gasteiger partial charge in [-0.1, -0.05) is 42.0 Å². The molecule has 1 unspecified atom stereocenters. The van der Waals surface area contributed by atoms with Crippen LogP contribution in [-0.4, -0.2) is 30.3 Å². The third-order valence-electron chi connectivity index (χ3n) is 4.36. The lowest BCUT2D eigenvalue weighted by molar-refractivity contribution is -0.138. The quantitative estimate of drug-likeness (QED) is 0.924. The van der Waals surface area contributed by atoms with E-state index >= 15 is 0 Å². The second kappa shape index (κ2) is 6.37. The summed E-state index contributed by atoms with van der Waals surface area (Å²) in [5, 5.41) is 9.26. The molecule has 1 N–H and O–H groups in total. The number of carboxylic acids is 1. The normalized spacial score (nSPS) is 18.1. The fraction of sp³-hybridized carbons (Fsp3) is 0.278. The number of nitrogens with zero attached hydrogens (tertiary/aromatic N) is 1. The van der Waals surface area contributed by atoms with E-state index < -0.39 is 22.0 Å². The molecule has 1 aliphatic heterocycles. The molecule has 0 spiro atoms. The number of carboxylic acid groups (broad SMARTS) is 1. The fourth-order valence-electron chi connectivity index (χ4n) is 3.14. The molecule has 2 aromatic carbocycles. The van der Waals surface area contributed by atoms with Crippen LogP contribution in [0, 0.1) is 6.92 Å². The van der Waals surface area contributed by atoms with Crippen molar-refractivity contribution in [3.05, 3.63) is 65.2 Å². The van der Waals surface area contributed by atoms with Crippen molar-refractivity contribution in [1.82, 2.24) is 4.31 Å². The van der Waals surface area contributed by atoms with Gasteiger partial charge in [0.05, 0.1) is 17.4 Å². The van der Waals surface area contributed by atoms with Gasteiger partial charge in [0.1, 0.15) is 0 Å². The molecule has 1 atom stereocenters. The fourth-order valence-corrected chi connectivity index (χ4v) is 4.74. The molecule has 0 saturated carbocycles. The number of benzene rings is 2. The molecular weight excluding hydrogens is 326 g/mol. The average molecular weight is 345 g/mol. The van der Waals surface area contributed by atoms with Gasteiger partial charge >= 0.3 is 5.97 Å². The van der Waals surface area contributed by atoms with Gasteiger partial charge in [0.25, 0.3) is 0 Å². The predicted molar refractivity (Wildman–Crippen MR) is 90.2 cm³/mol. The van der Waals surface area contributed by atoms with Gasteiger partial charge in [-0.2, -0.15) is 4.31 Å². The summed E-state index contributed by atoms with van der Waals surface area (Å²) in [7, 11) is -3.75. The van der Waals surface area contributed by atoms with Crippen LogP contribution in [0.1, 0.15) is 29.2 Å². The van der Waals surface area contributed by atoms with Crippen LogP contribution < -0.4 is 0 Å². The summed E-state index contributed by atoms with van der Waals surface area (Å²) in [5.74, 6) is -1.01. The standard InChI is InChI=1S/C18H19NO4S/c1-13-6-8-15(9-7-13)24(22,23)19-11-10-14-4-2-3-5-16(14)17(19)12-18(20)21/h2-9,17H,10-12H2,1H3,(H,20,21). The zero-order chi connectivity index (χ0) is 17.3. The van der Waals surface area contributed by atoms with Crippen LogP contribution in [-0.2, 0) is 21.2 Å². The summed E-state index contributed by atoms with van der Waals surface area (Å²) >= 11 is 0. The van der Waals surface area contributed by atoms with Crippen molar-refractivity contribution >= 4 is 16.0 Å². The average Bonchev–Trinajstić information content (AvgIpc) is 2.55. The molecule has 1 heterocycles. The van der Waals surface area contributed by atoms with Crippen LogP contribution in [0.15, 0.2) is 53.4 Å². The molecule has 2 aromatic rings. The lowest BCUT2D eigenvalue weighted by atomic mass is 9.92. The number of sulfonamides is 1. The second-order valence-electron chi connectivity index (χ2n) is 5.99. The first kappa shape index (κ1) is 16.7. The van der Waals surface area contributed by atoms with Gasteiger partial charge in [-0.3, -0.25) is 4.79 Å². The number of aliphatic carboxylic acids is 1. The van der Waals surface area contributed by atoms with Crippen LogP contribution in [0.5, 0.6) is 0 Å². The Bertz CT molecular complexity index is 859. The van der Waals surface area contributed by atoms with Gasteiger partial charge in [-0.05, 0) is 36.6 Å². The van der Waals surface area contributed by atoms with Gasteiger partial charge in [-0.25, -0.2) is 8.42 Å². The summed E-state index contributed by atoms with van der Waals surface area (Å²) < 4.78 is 27.4. The van der Waals surface area contributed by atoms with Crippen molar-refractivity contribution in [2.45, 2.75) is 30.7 Å². The highest BCUT2D eigenvalue weighted by atomic mass is 32.2.